The largest absolute Gasteiger partial charge is 0.0622 e. The van der Waals surface area contributed by atoms with Gasteiger partial charge in [0.15, 0.2) is 0 Å². The van der Waals surface area contributed by atoms with E-state index in [0.29, 0.717) is 0 Å². The third-order valence-electron chi connectivity index (χ3n) is 5.61. The molecule has 0 aliphatic heterocycles. The van der Waals surface area contributed by atoms with Crippen LogP contribution < -0.4 is 0 Å². The summed E-state index contributed by atoms with van der Waals surface area (Å²) in [5.41, 5.74) is 9.71. The zero-order valence-corrected chi connectivity index (χ0v) is 20.5. The Bertz CT molecular complexity index is 1270. The normalized spacial score (nSPS) is 10.8. The van der Waals surface area contributed by atoms with E-state index in [2.05, 4.69) is 153 Å². The van der Waals surface area contributed by atoms with Crippen LogP contribution in [0, 0.1) is 0 Å². The Kier molecular flexibility index (Phi) is 6.07. The van der Waals surface area contributed by atoms with Crippen LogP contribution in [-0.2, 0) is 0 Å². The Morgan fingerprint density at radius 2 is 0.562 bits per heavy atom. The highest BCUT2D eigenvalue weighted by atomic mass is 79.9. The van der Waals surface area contributed by atoms with Gasteiger partial charge in [0, 0.05) is 8.95 Å². The van der Waals surface area contributed by atoms with Crippen molar-refractivity contribution in [1.29, 1.82) is 0 Å². The fourth-order valence-corrected chi connectivity index (χ4v) is 4.43. The number of benzene rings is 5. The molecular weight excluding hydrogens is 520 g/mol. The minimum atomic E-state index is 1.09. The first-order chi connectivity index (χ1) is 15.7. The van der Waals surface area contributed by atoms with Gasteiger partial charge in [0.2, 0.25) is 0 Å². The lowest BCUT2D eigenvalue weighted by molar-refractivity contribution is 1.55. The molecule has 0 amide bonds. The lowest BCUT2D eigenvalue weighted by atomic mass is 9.92. The van der Waals surface area contributed by atoms with Crippen LogP contribution in [-0.4, -0.2) is 0 Å². The van der Waals surface area contributed by atoms with Crippen LogP contribution in [0.15, 0.2) is 130 Å². The molecule has 154 valence electrons. The minimum Gasteiger partial charge on any atom is -0.0622 e. The average molecular weight is 540 g/mol. The SMILES string of the molecule is Brc1ccc(-c2cc(-c3ccc(Br)cc3)cc(-c3ccc(-c4ccccc4)cc3)c2)cc1. The van der Waals surface area contributed by atoms with Crippen molar-refractivity contribution in [2.24, 2.45) is 0 Å². The zero-order chi connectivity index (χ0) is 21.9. The van der Waals surface area contributed by atoms with Gasteiger partial charge in [-0.2, -0.15) is 0 Å². The van der Waals surface area contributed by atoms with Crippen LogP contribution in [0.25, 0.3) is 44.5 Å². The molecule has 0 aliphatic rings. The molecule has 0 spiro atoms. The second kappa shape index (κ2) is 9.28. The Labute approximate surface area is 205 Å². The summed E-state index contributed by atoms with van der Waals surface area (Å²) in [6, 6.07) is 43.2. The summed E-state index contributed by atoms with van der Waals surface area (Å²) < 4.78 is 2.17. The number of hydrogen-bond acceptors (Lipinski definition) is 0. The Morgan fingerprint density at radius 1 is 0.281 bits per heavy atom. The summed E-state index contributed by atoms with van der Waals surface area (Å²) in [4.78, 5) is 0. The fourth-order valence-electron chi connectivity index (χ4n) is 3.90. The van der Waals surface area contributed by atoms with E-state index in [-0.39, 0.29) is 0 Å². The molecule has 0 saturated heterocycles. The molecule has 5 rings (SSSR count). The topological polar surface area (TPSA) is 0 Å². The van der Waals surface area contributed by atoms with Crippen LogP contribution in [0.1, 0.15) is 0 Å². The Hall–Kier alpha value is -2.94. The molecule has 0 N–H and O–H groups in total. The van der Waals surface area contributed by atoms with Gasteiger partial charge in [-0.15, -0.1) is 0 Å². The molecule has 0 fully saturated rings. The van der Waals surface area contributed by atoms with E-state index in [4.69, 9.17) is 0 Å². The molecule has 0 atom stereocenters. The molecule has 0 aromatic heterocycles. The predicted octanol–water partition coefficient (Wildman–Crippen LogP) is 9.88. The Morgan fingerprint density at radius 3 is 0.938 bits per heavy atom. The summed E-state index contributed by atoms with van der Waals surface area (Å²) in [6.07, 6.45) is 0. The van der Waals surface area contributed by atoms with Crippen molar-refractivity contribution in [2.75, 3.05) is 0 Å². The van der Waals surface area contributed by atoms with Gasteiger partial charge in [-0.1, -0.05) is 111 Å². The van der Waals surface area contributed by atoms with Crippen molar-refractivity contribution < 1.29 is 0 Å². The van der Waals surface area contributed by atoms with Gasteiger partial charge in [-0.3, -0.25) is 0 Å². The third-order valence-corrected chi connectivity index (χ3v) is 6.67. The predicted molar refractivity (Wildman–Crippen MR) is 144 cm³/mol. The number of rotatable bonds is 4. The highest BCUT2D eigenvalue weighted by molar-refractivity contribution is 9.10. The lowest BCUT2D eigenvalue weighted by Gasteiger charge is -2.12. The number of halogens is 2. The molecule has 0 radical (unpaired) electrons. The first-order valence-corrected chi connectivity index (χ1v) is 12.1. The zero-order valence-electron chi connectivity index (χ0n) is 17.3. The summed E-state index contributed by atoms with van der Waals surface area (Å²) >= 11 is 7.10. The van der Waals surface area contributed by atoms with E-state index in [1.165, 1.54) is 44.5 Å². The molecule has 0 heterocycles. The molecule has 32 heavy (non-hydrogen) atoms. The quantitative estimate of drug-likeness (QED) is 0.213. The minimum absolute atomic E-state index is 1.09. The average Bonchev–Trinajstić information content (AvgIpc) is 2.85. The summed E-state index contributed by atoms with van der Waals surface area (Å²) in [7, 11) is 0. The molecule has 5 aromatic carbocycles. The molecule has 0 saturated carbocycles. The van der Waals surface area contributed by atoms with Crippen molar-refractivity contribution in [3.05, 3.63) is 130 Å². The van der Waals surface area contributed by atoms with Crippen LogP contribution in [0.2, 0.25) is 0 Å². The molecule has 5 aromatic rings. The van der Waals surface area contributed by atoms with Crippen LogP contribution in [0.3, 0.4) is 0 Å². The van der Waals surface area contributed by atoms with Crippen molar-refractivity contribution in [3.63, 3.8) is 0 Å². The van der Waals surface area contributed by atoms with Gasteiger partial charge in [-0.25, -0.2) is 0 Å². The van der Waals surface area contributed by atoms with Crippen molar-refractivity contribution in [3.8, 4) is 44.5 Å². The van der Waals surface area contributed by atoms with Crippen molar-refractivity contribution in [1.82, 2.24) is 0 Å². The fraction of sp³-hybridized carbons (Fsp3) is 0. The first-order valence-electron chi connectivity index (χ1n) is 10.5. The van der Waals surface area contributed by atoms with Gasteiger partial charge < -0.3 is 0 Å². The van der Waals surface area contributed by atoms with E-state index >= 15 is 0 Å². The van der Waals surface area contributed by atoms with E-state index < -0.39 is 0 Å². The van der Waals surface area contributed by atoms with Crippen LogP contribution in [0.4, 0.5) is 0 Å². The highest BCUT2D eigenvalue weighted by Gasteiger charge is 2.08. The standard InChI is InChI=1S/C30H20Br2/c31-29-14-10-24(11-15-29)27-18-26(19-28(20-27)25-12-16-30(32)17-13-25)23-8-6-22(7-9-23)21-4-2-1-3-5-21/h1-20H. The van der Waals surface area contributed by atoms with Crippen LogP contribution in [0.5, 0.6) is 0 Å². The van der Waals surface area contributed by atoms with Crippen LogP contribution >= 0.6 is 31.9 Å². The lowest BCUT2D eigenvalue weighted by Crippen LogP contribution is -1.87. The maximum Gasteiger partial charge on any atom is 0.0175 e. The second-order valence-corrected chi connectivity index (χ2v) is 9.59. The monoisotopic (exact) mass is 538 g/mol. The molecule has 0 nitrogen and oxygen atoms in total. The van der Waals surface area contributed by atoms with Gasteiger partial charge >= 0.3 is 0 Å². The second-order valence-electron chi connectivity index (χ2n) is 7.76. The summed E-state index contributed by atoms with van der Waals surface area (Å²) in [6.45, 7) is 0. The van der Waals surface area contributed by atoms with E-state index in [1.807, 2.05) is 0 Å². The van der Waals surface area contributed by atoms with Crippen molar-refractivity contribution in [2.45, 2.75) is 0 Å². The smallest absolute Gasteiger partial charge is 0.0175 e. The van der Waals surface area contributed by atoms with Gasteiger partial charge in [-0.05, 0) is 87.0 Å². The van der Waals surface area contributed by atoms with Gasteiger partial charge in [0.05, 0.1) is 0 Å². The number of hydrogen-bond donors (Lipinski definition) is 0. The van der Waals surface area contributed by atoms with E-state index in [9.17, 15) is 0 Å². The van der Waals surface area contributed by atoms with E-state index in [1.54, 1.807) is 0 Å². The molecule has 2 heteroatoms. The maximum atomic E-state index is 3.55. The molecule has 0 bridgehead atoms. The highest BCUT2D eigenvalue weighted by Crippen LogP contribution is 2.34. The first kappa shape index (κ1) is 20.9. The third kappa shape index (κ3) is 4.62. The van der Waals surface area contributed by atoms with E-state index in [0.717, 1.165) is 8.95 Å². The summed E-state index contributed by atoms with van der Waals surface area (Å²) in [5.74, 6) is 0. The van der Waals surface area contributed by atoms with Gasteiger partial charge in [0.25, 0.3) is 0 Å². The maximum absolute atomic E-state index is 3.55. The summed E-state index contributed by atoms with van der Waals surface area (Å²) in [5, 5.41) is 0. The van der Waals surface area contributed by atoms with Crippen molar-refractivity contribution >= 4 is 31.9 Å². The molecule has 0 aliphatic carbocycles. The molecule has 0 unspecified atom stereocenters. The Balaban J connectivity index is 1.60. The molecular formula is C30H20Br2. The van der Waals surface area contributed by atoms with Gasteiger partial charge in [0.1, 0.15) is 0 Å².